The van der Waals surface area contributed by atoms with Gasteiger partial charge in [-0.25, -0.2) is 0 Å². The molecular weight excluding hydrogens is 358 g/mol. The number of phenolic OH excluding ortho intramolecular Hbond substituents is 1. The predicted octanol–water partition coefficient (Wildman–Crippen LogP) is 2.82. The Labute approximate surface area is 161 Å². The third-order valence-electron chi connectivity index (χ3n) is 4.93. The van der Waals surface area contributed by atoms with Crippen molar-refractivity contribution in [3.8, 4) is 17.1 Å². The zero-order valence-electron chi connectivity index (χ0n) is 15.2. The molecule has 0 saturated carbocycles. The maximum Gasteiger partial charge on any atom is 0.273 e. The molecule has 142 valence electrons. The van der Waals surface area contributed by atoms with Crippen molar-refractivity contribution >= 4 is 11.8 Å². The van der Waals surface area contributed by atoms with Gasteiger partial charge in [-0.05, 0) is 36.1 Å². The van der Waals surface area contributed by atoms with Crippen molar-refractivity contribution in [2.45, 2.75) is 18.9 Å². The molecular formula is C21H19N3O4. The first-order valence-corrected chi connectivity index (χ1v) is 8.97. The summed E-state index contributed by atoms with van der Waals surface area (Å²) in [5.41, 5.74) is 3.22. The second kappa shape index (κ2) is 7.19. The third kappa shape index (κ3) is 3.22. The van der Waals surface area contributed by atoms with Crippen LogP contribution in [-0.2, 0) is 6.42 Å². The maximum absolute atomic E-state index is 12.6. The molecule has 1 aliphatic carbocycles. The summed E-state index contributed by atoms with van der Waals surface area (Å²) in [6.07, 6.45) is 1.78. The van der Waals surface area contributed by atoms with E-state index in [-0.39, 0.29) is 29.0 Å². The molecule has 3 aromatic rings. The van der Waals surface area contributed by atoms with E-state index in [1.165, 1.54) is 30.8 Å². The highest BCUT2D eigenvalue weighted by atomic mass is 16.5. The number of aromatic hydroxyl groups is 1. The summed E-state index contributed by atoms with van der Waals surface area (Å²) in [6, 6.07) is 14.1. The Bertz CT molecular complexity index is 1060. The second-order valence-corrected chi connectivity index (χ2v) is 6.65. The number of rotatable bonds is 4. The molecule has 1 unspecified atom stereocenters. The first-order valence-electron chi connectivity index (χ1n) is 8.97. The topological polar surface area (TPSA) is 104 Å². The summed E-state index contributed by atoms with van der Waals surface area (Å²) in [5, 5.41) is 19.3. The lowest BCUT2D eigenvalue weighted by molar-refractivity contribution is 0.0925. The van der Waals surface area contributed by atoms with E-state index < -0.39 is 5.91 Å². The van der Waals surface area contributed by atoms with E-state index >= 15 is 0 Å². The Hall–Kier alpha value is -3.61. The van der Waals surface area contributed by atoms with E-state index in [2.05, 4.69) is 21.9 Å². The quantitative estimate of drug-likeness (QED) is 0.649. The maximum atomic E-state index is 12.6. The molecule has 7 nitrogen and oxygen atoms in total. The minimum absolute atomic E-state index is 0.0419. The molecule has 7 heteroatoms. The van der Waals surface area contributed by atoms with Gasteiger partial charge >= 0.3 is 0 Å². The van der Waals surface area contributed by atoms with Crippen molar-refractivity contribution in [2.75, 3.05) is 7.05 Å². The molecule has 1 aliphatic rings. The molecule has 0 radical (unpaired) electrons. The number of carbonyl (C=O) groups is 2. The summed E-state index contributed by atoms with van der Waals surface area (Å²) in [4.78, 5) is 24.2. The second-order valence-electron chi connectivity index (χ2n) is 6.65. The zero-order chi connectivity index (χ0) is 19.7. The van der Waals surface area contributed by atoms with Crippen molar-refractivity contribution in [1.29, 1.82) is 0 Å². The lowest BCUT2D eigenvalue weighted by Gasteiger charge is -2.12. The Morgan fingerprint density at radius 2 is 1.96 bits per heavy atom. The fourth-order valence-electron chi connectivity index (χ4n) is 3.47. The van der Waals surface area contributed by atoms with Crippen molar-refractivity contribution < 1.29 is 19.2 Å². The minimum Gasteiger partial charge on any atom is -0.507 e. The lowest BCUT2D eigenvalue weighted by atomic mass is 10.1. The van der Waals surface area contributed by atoms with Crippen LogP contribution in [0.25, 0.3) is 11.3 Å². The molecule has 4 rings (SSSR count). The largest absolute Gasteiger partial charge is 0.507 e. The monoisotopic (exact) mass is 377 g/mol. The molecule has 2 aromatic carbocycles. The molecule has 28 heavy (non-hydrogen) atoms. The molecule has 3 N–H and O–H groups in total. The number of nitrogens with one attached hydrogen (secondary N) is 2. The molecule has 0 fully saturated rings. The standard InChI is InChI=1S/C21H19N3O4/c1-22-20(26)15-8-6-13(10-18(15)25)19-11-17(24-28-19)21(27)23-16-9-7-12-4-2-3-5-14(12)16/h2-6,8,10-11,16,25H,7,9H2,1H3,(H,22,26)(H,23,27). The van der Waals surface area contributed by atoms with Crippen LogP contribution in [-0.4, -0.2) is 29.1 Å². The molecule has 0 aliphatic heterocycles. The van der Waals surface area contributed by atoms with Gasteiger partial charge in [0.1, 0.15) is 5.75 Å². The van der Waals surface area contributed by atoms with Gasteiger partial charge in [-0.1, -0.05) is 35.5 Å². The van der Waals surface area contributed by atoms with Crippen molar-refractivity contribution in [2.24, 2.45) is 0 Å². The van der Waals surface area contributed by atoms with Crippen LogP contribution in [0.4, 0.5) is 0 Å². The highest BCUT2D eigenvalue weighted by Crippen LogP contribution is 2.31. The molecule has 0 spiro atoms. The van der Waals surface area contributed by atoms with Gasteiger partial charge in [-0.2, -0.15) is 0 Å². The van der Waals surface area contributed by atoms with Crippen LogP contribution in [0.1, 0.15) is 44.4 Å². The van der Waals surface area contributed by atoms with Crippen LogP contribution in [0, 0.1) is 0 Å². The predicted molar refractivity (Wildman–Crippen MR) is 102 cm³/mol. The average molecular weight is 377 g/mol. The number of benzene rings is 2. The van der Waals surface area contributed by atoms with Gasteiger partial charge < -0.3 is 20.3 Å². The zero-order valence-corrected chi connectivity index (χ0v) is 15.2. The first-order chi connectivity index (χ1) is 13.6. The molecule has 2 amide bonds. The molecule has 0 bridgehead atoms. The van der Waals surface area contributed by atoms with Gasteiger partial charge in [0.25, 0.3) is 11.8 Å². The van der Waals surface area contributed by atoms with E-state index in [1.54, 1.807) is 6.07 Å². The number of hydrogen-bond acceptors (Lipinski definition) is 5. The van der Waals surface area contributed by atoms with E-state index in [4.69, 9.17) is 4.52 Å². The number of aromatic nitrogens is 1. The fourth-order valence-corrected chi connectivity index (χ4v) is 3.47. The molecule has 1 atom stereocenters. The van der Waals surface area contributed by atoms with E-state index in [1.807, 2.05) is 18.2 Å². The summed E-state index contributed by atoms with van der Waals surface area (Å²) in [7, 11) is 1.49. The van der Waals surface area contributed by atoms with Gasteiger partial charge in [0.2, 0.25) is 0 Å². The van der Waals surface area contributed by atoms with Crippen molar-refractivity contribution in [3.05, 3.63) is 70.9 Å². The average Bonchev–Trinajstić information content (AvgIpc) is 3.35. The fraction of sp³-hybridized carbons (Fsp3) is 0.190. The van der Waals surface area contributed by atoms with Gasteiger partial charge in [0, 0.05) is 18.7 Å². The number of carbonyl (C=O) groups excluding carboxylic acids is 2. The Kier molecular flexibility index (Phi) is 4.57. The van der Waals surface area contributed by atoms with Crippen molar-refractivity contribution in [3.63, 3.8) is 0 Å². The highest BCUT2D eigenvalue weighted by Gasteiger charge is 2.25. The Morgan fingerprint density at radius 1 is 1.14 bits per heavy atom. The summed E-state index contributed by atoms with van der Waals surface area (Å²) < 4.78 is 5.26. The summed E-state index contributed by atoms with van der Waals surface area (Å²) in [5.74, 6) is -0.556. The van der Waals surface area contributed by atoms with Crippen LogP contribution in [0.2, 0.25) is 0 Å². The number of aryl methyl sites for hydroxylation is 1. The van der Waals surface area contributed by atoms with Crippen molar-refractivity contribution in [1.82, 2.24) is 15.8 Å². The van der Waals surface area contributed by atoms with E-state index in [0.717, 1.165) is 18.4 Å². The number of phenols is 1. The van der Waals surface area contributed by atoms with Crippen LogP contribution < -0.4 is 10.6 Å². The van der Waals surface area contributed by atoms with Gasteiger partial charge in [0.15, 0.2) is 11.5 Å². The molecule has 1 aromatic heterocycles. The molecule has 1 heterocycles. The summed E-state index contributed by atoms with van der Waals surface area (Å²) >= 11 is 0. The minimum atomic E-state index is -0.390. The van der Waals surface area contributed by atoms with Gasteiger partial charge in [-0.15, -0.1) is 0 Å². The number of hydrogen-bond donors (Lipinski definition) is 3. The first kappa shape index (κ1) is 17.8. The molecule has 0 saturated heterocycles. The third-order valence-corrected chi connectivity index (χ3v) is 4.93. The normalized spacial score (nSPS) is 15.1. The van der Waals surface area contributed by atoms with E-state index in [0.29, 0.717) is 11.3 Å². The number of amides is 2. The van der Waals surface area contributed by atoms with Crippen LogP contribution in [0.15, 0.2) is 53.1 Å². The Morgan fingerprint density at radius 3 is 2.75 bits per heavy atom. The smallest absolute Gasteiger partial charge is 0.273 e. The SMILES string of the molecule is CNC(=O)c1ccc(-c2cc(C(=O)NC3CCc4ccccc43)no2)cc1O. The Balaban J connectivity index is 1.51. The van der Waals surface area contributed by atoms with Crippen LogP contribution in [0.5, 0.6) is 5.75 Å². The van der Waals surface area contributed by atoms with E-state index in [9.17, 15) is 14.7 Å². The van der Waals surface area contributed by atoms with Crippen LogP contribution >= 0.6 is 0 Å². The van der Waals surface area contributed by atoms with Gasteiger partial charge in [-0.3, -0.25) is 9.59 Å². The number of nitrogens with zero attached hydrogens (tertiary/aromatic N) is 1. The van der Waals surface area contributed by atoms with Gasteiger partial charge in [0.05, 0.1) is 11.6 Å². The van der Waals surface area contributed by atoms with Crippen LogP contribution in [0.3, 0.4) is 0 Å². The summed E-state index contributed by atoms with van der Waals surface area (Å²) in [6.45, 7) is 0. The lowest BCUT2D eigenvalue weighted by Crippen LogP contribution is -2.27. The highest BCUT2D eigenvalue weighted by molar-refractivity contribution is 5.97. The number of fused-ring (bicyclic) bond motifs is 1.